The maximum Gasteiger partial charge on any atom is 0.331 e. The number of hydrogen-bond acceptors (Lipinski definition) is 6. The fourth-order valence-electron chi connectivity index (χ4n) is 2.93. The summed E-state index contributed by atoms with van der Waals surface area (Å²) >= 11 is 1.52. The molecule has 0 unspecified atom stereocenters. The number of carbonyl (C=O) groups is 3. The molecule has 7 heteroatoms. The van der Waals surface area contributed by atoms with Crippen LogP contribution in [-0.2, 0) is 36.8 Å². The van der Waals surface area contributed by atoms with Gasteiger partial charge < -0.3 is 14.4 Å². The van der Waals surface area contributed by atoms with Gasteiger partial charge in [0.2, 0.25) is 0 Å². The Balaban J connectivity index is 1.64. The van der Waals surface area contributed by atoms with Crippen LogP contribution in [0.2, 0.25) is 0 Å². The molecular weight excluding hydrogens is 366 g/mol. The van der Waals surface area contributed by atoms with E-state index in [0.29, 0.717) is 6.42 Å². The van der Waals surface area contributed by atoms with E-state index in [4.69, 9.17) is 9.47 Å². The third-order valence-corrected chi connectivity index (χ3v) is 5.04. The van der Waals surface area contributed by atoms with Crippen LogP contribution >= 0.6 is 11.3 Å². The van der Waals surface area contributed by atoms with Crippen LogP contribution in [0.3, 0.4) is 0 Å². The standard InChI is InChI=1S/C20H19NO5S/c1-25-20(24)17-10-15-4-2-3-5-16(15)11-21(17)18(22)12-26-19(23)7-6-14-8-9-27-13-14/h2-9,13,17H,10-12H2,1H3/b7-6+/t17-/m0/s1. The first-order valence-corrected chi connectivity index (χ1v) is 9.34. The minimum Gasteiger partial charge on any atom is -0.467 e. The predicted octanol–water partition coefficient (Wildman–Crippen LogP) is 2.43. The van der Waals surface area contributed by atoms with Crippen LogP contribution in [0, 0.1) is 0 Å². The summed E-state index contributed by atoms with van der Waals surface area (Å²) in [7, 11) is 1.29. The van der Waals surface area contributed by atoms with Crippen LogP contribution in [0.15, 0.2) is 47.2 Å². The van der Waals surface area contributed by atoms with Gasteiger partial charge in [0.25, 0.3) is 5.91 Å². The van der Waals surface area contributed by atoms with Crippen molar-refractivity contribution in [2.24, 2.45) is 0 Å². The summed E-state index contributed by atoms with van der Waals surface area (Å²) in [6.45, 7) is -0.153. The predicted molar refractivity (Wildman–Crippen MR) is 101 cm³/mol. The van der Waals surface area contributed by atoms with Crippen LogP contribution in [0.25, 0.3) is 6.08 Å². The Kier molecular flexibility index (Phi) is 6.03. The molecule has 0 bridgehead atoms. The second-order valence-electron chi connectivity index (χ2n) is 6.03. The van der Waals surface area contributed by atoms with Crippen molar-refractivity contribution in [3.63, 3.8) is 0 Å². The van der Waals surface area contributed by atoms with Gasteiger partial charge in [-0.15, -0.1) is 0 Å². The van der Waals surface area contributed by atoms with E-state index in [1.165, 1.54) is 29.4 Å². The van der Waals surface area contributed by atoms with Crippen LogP contribution in [0.4, 0.5) is 0 Å². The molecule has 0 N–H and O–H groups in total. The molecule has 1 aliphatic heterocycles. The van der Waals surface area contributed by atoms with Crippen molar-refractivity contribution in [2.45, 2.75) is 19.0 Å². The molecule has 1 aliphatic rings. The zero-order valence-corrected chi connectivity index (χ0v) is 15.6. The largest absolute Gasteiger partial charge is 0.467 e. The minimum absolute atomic E-state index is 0.275. The number of methoxy groups -OCH3 is 1. The molecule has 0 saturated heterocycles. The molecule has 1 aromatic carbocycles. The zero-order valence-electron chi connectivity index (χ0n) is 14.8. The lowest BCUT2D eigenvalue weighted by atomic mass is 9.94. The normalized spacial score (nSPS) is 16.0. The Morgan fingerprint density at radius 3 is 2.70 bits per heavy atom. The van der Waals surface area contributed by atoms with E-state index < -0.39 is 30.5 Å². The summed E-state index contributed by atoms with van der Waals surface area (Å²) in [6, 6.07) is 8.77. The average Bonchev–Trinajstić information content (AvgIpc) is 3.22. The Bertz CT molecular complexity index is 859. The summed E-state index contributed by atoms with van der Waals surface area (Å²) in [6.07, 6.45) is 3.27. The molecular formula is C20H19NO5S. The summed E-state index contributed by atoms with van der Waals surface area (Å²) in [5, 5.41) is 3.79. The Morgan fingerprint density at radius 2 is 2.00 bits per heavy atom. The highest BCUT2D eigenvalue weighted by Gasteiger charge is 2.35. The van der Waals surface area contributed by atoms with Crippen molar-refractivity contribution in [1.29, 1.82) is 0 Å². The maximum absolute atomic E-state index is 12.6. The van der Waals surface area contributed by atoms with Crippen molar-refractivity contribution in [3.05, 3.63) is 63.9 Å². The smallest absolute Gasteiger partial charge is 0.331 e. The van der Waals surface area contributed by atoms with Crippen molar-refractivity contribution in [1.82, 2.24) is 4.90 Å². The minimum atomic E-state index is -0.725. The Labute approximate surface area is 161 Å². The first-order valence-electron chi connectivity index (χ1n) is 8.39. The number of rotatable bonds is 5. The first-order chi connectivity index (χ1) is 13.1. The van der Waals surface area contributed by atoms with Crippen LogP contribution in [0.1, 0.15) is 16.7 Å². The summed E-state index contributed by atoms with van der Waals surface area (Å²) < 4.78 is 9.88. The van der Waals surface area contributed by atoms with E-state index in [0.717, 1.165) is 16.7 Å². The maximum atomic E-state index is 12.6. The Morgan fingerprint density at radius 1 is 1.22 bits per heavy atom. The van der Waals surface area contributed by atoms with E-state index in [-0.39, 0.29) is 6.54 Å². The fraction of sp³-hybridized carbons (Fsp3) is 0.250. The van der Waals surface area contributed by atoms with E-state index in [1.54, 1.807) is 6.08 Å². The van der Waals surface area contributed by atoms with Crippen molar-refractivity contribution in [3.8, 4) is 0 Å². The highest BCUT2D eigenvalue weighted by atomic mass is 32.1. The van der Waals surface area contributed by atoms with Gasteiger partial charge in [-0.2, -0.15) is 11.3 Å². The van der Waals surface area contributed by atoms with Gasteiger partial charge >= 0.3 is 11.9 Å². The fourth-order valence-corrected chi connectivity index (χ4v) is 3.56. The molecule has 6 nitrogen and oxygen atoms in total. The van der Waals surface area contributed by atoms with Gasteiger partial charge in [-0.05, 0) is 39.6 Å². The van der Waals surface area contributed by atoms with Crippen LogP contribution in [0.5, 0.6) is 0 Å². The molecule has 140 valence electrons. The van der Waals surface area contributed by atoms with Gasteiger partial charge in [0.1, 0.15) is 6.04 Å². The number of benzene rings is 1. The molecule has 0 saturated carbocycles. The topological polar surface area (TPSA) is 72.9 Å². The molecule has 1 amide bonds. The second-order valence-corrected chi connectivity index (χ2v) is 6.81. The average molecular weight is 385 g/mol. The molecule has 1 atom stereocenters. The number of esters is 2. The quantitative estimate of drug-likeness (QED) is 0.584. The van der Waals surface area contributed by atoms with Crippen molar-refractivity contribution >= 4 is 35.3 Å². The van der Waals surface area contributed by atoms with Gasteiger partial charge in [0, 0.05) is 19.0 Å². The number of fused-ring (bicyclic) bond motifs is 1. The van der Waals surface area contributed by atoms with Crippen LogP contribution in [-0.4, -0.2) is 42.5 Å². The van der Waals surface area contributed by atoms with E-state index in [2.05, 4.69) is 0 Å². The summed E-state index contributed by atoms with van der Waals surface area (Å²) in [4.78, 5) is 38.0. The monoisotopic (exact) mass is 385 g/mol. The molecule has 27 heavy (non-hydrogen) atoms. The van der Waals surface area contributed by atoms with E-state index in [9.17, 15) is 14.4 Å². The summed E-state index contributed by atoms with van der Waals surface area (Å²) in [5.74, 6) is -1.53. The molecule has 0 radical (unpaired) electrons. The van der Waals surface area contributed by atoms with Gasteiger partial charge in [0.15, 0.2) is 6.61 Å². The molecule has 0 aliphatic carbocycles. The van der Waals surface area contributed by atoms with Gasteiger partial charge in [-0.25, -0.2) is 9.59 Å². The second kappa shape index (κ2) is 8.64. The molecule has 3 rings (SSSR count). The van der Waals surface area contributed by atoms with Crippen molar-refractivity contribution < 1.29 is 23.9 Å². The number of amides is 1. The zero-order chi connectivity index (χ0) is 19.2. The third-order valence-electron chi connectivity index (χ3n) is 4.34. The van der Waals surface area contributed by atoms with Gasteiger partial charge in [-0.1, -0.05) is 24.3 Å². The van der Waals surface area contributed by atoms with Crippen LogP contribution < -0.4 is 0 Å². The van der Waals surface area contributed by atoms with Gasteiger partial charge in [0.05, 0.1) is 7.11 Å². The number of thiophene rings is 1. The molecule has 0 spiro atoms. The molecule has 1 aromatic heterocycles. The molecule has 0 fully saturated rings. The SMILES string of the molecule is COC(=O)[C@@H]1Cc2ccccc2CN1C(=O)COC(=O)/C=C/c1ccsc1. The highest BCUT2D eigenvalue weighted by Crippen LogP contribution is 2.24. The first kappa shape index (κ1) is 18.8. The highest BCUT2D eigenvalue weighted by molar-refractivity contribution is 7.08. The van der Waals surface area contributed by atoms with E-state index in [1.807, 2.05) is 41.1 Å². The Hall–Kier alpha value is -2.93. The van der Waals surface area contributed by atoms with E-state index >= 15 is 0 Å². The third kappa shape index (κ3) is 4.62. The number of ether oxygens (including phenoxy) is 2. The molecule has 2 heterocycles. The number of carbonyl (C=O) groups excluding carboxylic acids is 3. The lowest BCUT2D eigenvalue weighted by Crippen LogP contribution is -2.50. The lowest BCUT2D eigenvalue weighted by molar-refractivity contribution is -0.158. The molecule has 2 aromatic rings. The van der Waals surface area contributed by atoms with Crippen molar-refractivity contribution in [2.75, 3.05) is 13.7 Å². The lowest BCUT2D eigenvalue weighted by Gasteiger charge is -2.35. The number of hydrogen-bond donors (Lipinski definition) is 0. The van der Waals surface area contributed by atoms with Gasteiger partial charge in [-0.3, -0.25) is 4.79 Å². The summed E-state index contributed by atoms with van der Waals surface area (Å²) in [5.41, 5.74) is 2.86. The number of nitrogens with zero attached hydrogens (tertiary/aromatic N) is 1.